The molecule has 0 unspecified atom stereocenters. The molecular formula is C28H29NO2. The van der Waals surface area contributed by atoms with E-state index in [-0.39, 0.29) is 16.9 Å². The number of anilines is 1. The zero-order valence-corrected chi connectivity index (χ0v) is 18.6. The van der Waals surface area contributed by atoms with Crippen LogP contribution >= 0.6 is 0 Å². The Kier molecular flexibility index (Phi) is 5.45. The maximum Gasteiger partial charge on any atom is 0.251 e. The van der Waals surface area contributed by atoms with E-state index in [9.17, 15) is 4.79 Å². The van der Waals surface area contributed by atoms with E-state index in [1.165, 1.54) is 11.1 Å². The van der Waals surface area contributed by atoms with Crippen LogP contribution in [0.15, 0.2) is 84.9 Å². The van der Waals surface area contributed by atoms with Crippen LogP contribution in [0, 0.1) is 0 Å². The van der Waals surface area contributed by atoms with Gasteiger partial charge in [-0.25, -0.2) is 0 Å². The van der Waals surface area contributed by atoms with Crippen LogP contribution in [0.1, 0.15) is 43.9 Å². The number of hydrogen-bond acceptors (Lipinski definition) is 2. The van der Waals surface area contributed by atoms with Crippen LogP contribution < -0.4 is 9.64 Å². The van der Waals surface area contributed by atoms with Crippen LogP contribution in [0.5, 0.6) is 5.75 Å². The van der Waals surface area contributed by atoms with Gasteiger partial charge in [0.15, 0.2) is 0 Å². The van der Waals surface area contributed by atoms with E-state index in [1.807, 2.05) is 47.4 Å². The Morgan fingerprint density at radius 3 is 2.23 bits per heavy atom. The predicted octanol–water partition coefficient (Wildman–Crippen LogP) is 6.23. The third kappa shape index (κ3) is 3.88. The smallest absolute Gasteiger partial charge is 0.251 e. The van der Waals surface area contributed by atoms with Crippen molar-refractivity contribution >= 4 is 17.7 Å². The maximum absolute atomic E-state index is 13.4. The van der Waals surface area contributed by atoms with Crippen LogP contribution in [0.2, 0.25) is 0 Å². The average Bonchev–Trinajstić information content (AvgIpc) is 2.78. The number of amides is 1. The molecule has 0 spiro atoms. The fourth-order valence-electron chi connectivity index (χ4n) is 4.94. The molecule has 3 aromatic rings. The van der Waals surface area contributed by atoms with Crippen molar-refractivity contribution < 1.29 is 9.53 Å². The molecule has 0 bridgehead atoms. The molecule has 1 amide bonds. The molecule has 0 radical (unpaired) electrons. The topological polar surface area (TPSA) is 29.5 Å². The van der Waals surface area contributed by atoms with Gasteiger partial charge < -0.3 is 9.64 Å². The molecule has 3 aromatic carbocycles. The highest BCUT2D eigenvalue weighted by Crippen LogP contribution is 2.50. The van der Waals surface area contributed by atoms with Crippen molar-refractivity contribution in [1.29, 1.82) is 0 Å². The summed E-state index contributed by atoms with van der Waals surface area (Å²) in [4.78, 5) is 15.4. The lowest BCUT2D eigenvalue weighted by molar-refractivity contribution is -0.115. The Balaban J connectivity index is 1.72. The molecule has 4 rings (SSSR count). The number of carbonyl (C=O) groups excluding carboxylic acids is 1. The number of rotatable bonds is 4. The fourth-order valence-corrected chi connectivity index (χ4v) is 4.94. The highest BCUT2D eigenvalue weighted by atomic mass is 16.5. The van der Waals surface area contributed by atoms with E-state index in [0.29, 0.717) is 0 Å². The lowest BCUT2D eigenvalue weighted by Crippen LogP contribution is -2.55. The van der Waals surface area contributed by atoms with E-state index in [1.54, 1.807) is 13.2 Å². The number of hydrogen-bond donors (Lipinski definition) is 0. The largest absolute Gasteiger partial charge is 0.497 e. The molecule has 3 heteroatoms. The highest BCUT2D eigenvalue weighted by Gasteiger charge is 2.47. The molecule has 3 nitrogen and oxygen atoms in total. The minimum Gasteiger partial charge on any atom is -0.497 e. The molecule has 0 saturated carbocycles. The van der Waals surface area contributed by atoms with Gasteiger partial charge in [0, 0.05) is 22.7 Å². The van der Waals surface area contributed by atoms with Gasteiger partial charge in [-0.2, -0.15) is 0 Å². The Bertz CT molecular complexity index is 1100. The number of ether oxygens (including phenoxy) is 1. The van der Waals surface area contributed by atoms with E-state index < -0.39 is 0 Å². The van der Waals surface area contributed by atoms with E-state index in [2.05, 4.69) is 63.2 Å². The number of methoxy groups -OCH3 is 1. The summed E-state index contributed by atoms with van der Waals surface area (Å²) in [6.07, 6.45) is 4.38. The van der Waals surface area contributed by atoms with Crippen molar-refractivity contribution in [3.63, 3.8) is 0 Å². The molecule has 0 aliphatic carbocycles. The van der Waals surface area contributed by atoms with Gasteiger partial charge in [0.25, 0.3) is 5.91 Å². The normalized spacial score (nSPS) is 19.8. The third-order valence-corrected chi connectivity index (χ3v) is 6.30. The number of fused-ring (bicyclic) bond motifs is 1. The molecule has 0 fully saturated rings. The monoisotopic (exact) mass is 411 g/mol. The fraction of sp³-hybridized carbons (Fsp3) is 0.250. The molecular weight excluding hydrogens is 382 g/mol. The van der Waals surface area contributed by atoms with Crippen LogP contribution in [0.25, 0.3) is 6.08 Å². The molecule has 31 heavy (non-hydrogen) atoms. The van der Waals surface area contributed by atoms with Crippen LogP contribution in [-0.2, 0) is 10.2 Å². The summed E-state index contributed by atoms with van der Waals surface area (Å²) in [7, 11) is 1.65. The molecule has 158 valence electrons. The lowest BCUT2D eigenvalue weighted by atomic mass is 9.65. The van der Waals surface area contributed by atoms with Crippen LogP contribution in [-0.4, -0.2) is 18.6 Å². The van der Waals surface area contributed by atoms with Crippen molar-refractivity contribution in [3.8, 4) is 5.75 Å². The highest BCUT2D eigenvalue weighted by molar-refractivity contribution is 6.06. The van der Waals surface area contributed by atoms with Crippen LogP contribution in [0.3, 0.4) is 0 Å². The van der Waals surface area contributed by atoms with Crippen molar-refractivity contribution in [2.45, 2.75) is 38.1 Å². The predicted molar refractivity (Wildman–Crippen MR) is 128 cm³/mol. The summed E-state index contributed by atoms with van der Waals surface area (Å²) in [5, 5.41) is 0. The van der Waals surface area contributed by atoms with Crippen molar-refractivity contribution in [2.24, 2.45) is 0 Å². The first-order chi connectivity index (χ1) is 14.8. The molecule has 1 aliphatic heterocycles. The van der Waals surface area contributed by atoms with Crippen molar-refractivity contribution in [3.05, 3.63) is 102 Å². The quantitative estimate of drug-likeness (QED) is 0.476. The standard InChI is InChI=1S/C28H29NO2/c1-27(2)20-28(3,22-10-6-5-7-11-22)24-12-8-9-13-25(24)29(27)26(30)19-16-21-14-17-23(31-4)18-15-21/h5-19H,20H2,1-4H3/t28-/m1/s1. The van der Waals surface area contributed by atoms with Gasteiger partial charge in [0.2, 0.25) is 0 Å². The summed E-state index contributed by atoms with van der Waals surface area (Å²) >= 11 is 0. The third-order valence-electron chi connectivity index (χ3n) is 6.30. The van der Waals surface area contributed by atoms with Gasteiger partial charge in [-0.3, -0.25) is 4.79 Å². The van der Waals surface area contributed by atoms with Gasteiger partial charge >= 0.3 is 0 Å². The van der Waals surface area contributed by atoms with Gasteiger partial charge in [-0.05, 0) is 61.2 Å². The Hall–Kier alpha value is -3.33. The van der Waals surface area contributed by atoms with Gasteiger partial charge in [0.05, 0.1) is 7.11 Å². The van der Waals surface area contributed by atoms with E-state index in [0.717, 1.165) is 23.4 Å². The summed E-state index contributed by atoms with van der Waals surface area (Å²) in [6.45, 7) is 6.60. The molecule has 1 heterocycles. The summed E-state index contributed by atoms with van der Waals surface area (Å²) in [5.74, 6) is 0.790. The second-order valence-electron chi connectivity index (χ2n) is 8.98. The lowest BCUT2D eigenvalue weighted by Gasteiger charge is -2.51. The Labute approximate surface area is 185 Å². The van der Waals surface area contributed by atoms with Crippen molar-refractivity contribution in [2.75, 3.05) is 12.0 Å². The number of carbonyl (C=O) groups is 1. The van der Waals surface area contributed by atoms with Gasteiger partial charge in [-0.1, -0.05) is 67.6 Å². The molecule has 0 saturated heterocycles. The Morgan fingerprint density at radius 1 is 0.903 bits per heavy atom. The first-order valence-corrected chi connectivity index (χ1v) is 10.7. The SMILES string of the molecule is COc1ccc(C=CC(=O)N2c3ccccc3[C@@](C)(c3ccccc3)CC2(C)C)cc1. The van der Waals surface area contributed by atoms with E-state index >= 15 is 0 Å². The number of nitrogens with zero attached hydrogens (tertiary/aromatic N) is 1. The van der Waals surface area contributed by atoms with E-state index in [4.69, 9.17) is 4.74 Å². The second kappa shape index (κ2) is 8.07. The summed E-state index contributed by atoms with van der Waals surface area (Å²) < 4.78 is 5.21. The summed E-state index contributed by atoms with van der Waals surface area (Å²) in [5.41, 5.74) is 3.89. The Morgan fingerprint density at radius 2 is 1.55 bits per heavy atom. The van der Waals surface area contributed by atoms with Crippen LogP contribution in [0.4, 0.5) is 5.69 Å². The molecule has 0 N–H and O–H groups in total. The zero-order valence-electron chi connectivity index (χ0n) is 18.6. The number of para-hydroxylation sites is 1. The van der Waals surface area contributed by atoms with Gasteiger partial charge in [0.1, 0.15) is 5.75 Å². The second-order valence-corrected chi connectivity index (χ2v) is 8.98. The molecule has 1 atom stereocenters. The maximum atomic E-state index is 13.4. The first-order valence-electron chi connectivity index (χ1n) is 10.7. The number of benzene rings is 3. The van der Waals surface area contributed by atoms with Gasteiger partial charge in [-0.15, -0.1) is 0 Å². The average molecular weight is 412 g/mol. The molecule has 1 aliphatic rings. The van der Waals surface area contributed by atoms with Crippen molar-refractivity contribution in [1.82, 2.24) is 0 Å². The minimum absolute atomic E-state index is 0.0108. The molecule has 0 aromatic heterocycles. The first kappa shape index (κ1) is 20.9. The minimum atomic E-state index is -0.347. The zero-order chi connectivity index (χ0) is 22.1. The summed E-state index contributed by atoms with van der Waals surface area (Å²) in [6, 6.07) is 26.6.